The normalized spacial score (nSPS) is 13.2. The topological polar surface area (TPSA) is 9.86 Å². The van der Waals surface area contributed by atoms with Crippen molar-refractivity contribution in [2.24, 2.45) is 0 Å². The number of rotatable bonds is 4. The summed E-state index contributed by atoms with van der Waals surface area (Å²) in [4.78, 5) is 0. The van der Waals surface area contributed by atoms with E-state index >= 15 is 0 Å². The molecule has 0 unspecified atom stereocenters. The molecule has 10 aromatic carbocycles. The predicted molar refractivity (Wildman–Crippen MR) is 268 cm³/mol. The lowest BCUT2D eigenvalue weighted by molar-refractivity contribution is 0.660. The Hall–Kier alpha value is -7.68. The Labute approximate surface area is 366 Å². The van der Waals surface area contributed by atoms with Crippen molar-refractivity contribution in [2.75, 3.05) is 0 Å². The third-order valence-electron chi connectivity index (χ3n) is 14.1. The van der Waals surface area contributed by atoms with Crippen LogP contribution in [0.15, 0.2) is 194 Å². The van der Waals surface area contributed by atoms with Crippen LogP contribution in [0.3, 0.4) is 0 Å². The van der Waals surface area contributed by atoms with Crippen LogP contribution in [-0.4, -0.2) is 9.13 Å². The van der Waals surface area contributed by atoms with E-state index in [9.17, 15) is 0 Å². The molecular weight excluding hydrogens is 761 g/mol. The highest BCUT2D eigenvalue weighted by Crippen LogP contribution is 2.52. The zero-order valence-electron chi connectivity index (χ0n) is 35.9. The number of hydrogen-bond donors (Lipinski definition) is 0. The largest absolute Gasteiger partial charge is 0.309 e. The second-order valence-electron chi connectivity index (χ2n) is 18.3. The molecule has 298 valence electrons. The Balaban J connectivity index is 1.18. The van der Waals surface area contributed by atoms with Crippen molar-refractivity contribution in [1.29, 1.82) is 0 Å². The molecule has 0 atom stereocenters. The third-order valence-corrected chi connectivity index (χ3v) is 14.1. The van der Waals surface area contributed by atoms with Crippen LogP contribution in [0.5, 0.6) is 0 Å². The smallest absolute Gasteiger partial charge is 0.0541 e. The summed E-state index contributed by atoms with van der Waals surface area (Å²) in [6, 6.07) is 73.1. The minimum atomic E-state index is -0.135. The second kappa shape index (κ2) is 13.2. The first-order valence-corrected chi connectivity index (χ1v) is 22.2. The van der Waals surface area contributed by atoms with Crippen molar-refractivity contribution < 1.29 is 0 Å². The van der Waals surface area contributed by atoms with E-state index < -0.39 is 0 Å². The molecule has 12 aromatic rings. The molecule has 1 aliphatic carbocycles. The van der Waals surface area contributed by atoms with Crippen molar-refractivity contribution in [1.82, 2.24) is 9.13 Å². The summed E-state index contributed by atoms with van der Waals surface area (Å²) in [5.41, 5.74) is 20.0. The van der Waals surface area contributed by atoms with Gasteiger partial charge in [0.2, 0.25) is 0 Å². The summed E-state index contributed by atoms with van der Waals surface area (Å²) >= 11 is 0. The molecule has 0 spiro atoms. The van der Waals surface area contributed by atoms with Crippen LogP contribution in [0.2, 0.25) is 0 Å². The van der Waals surface area contributed by atoms with Gasteiger partial charge in [-0.25, -0.2) is 0 Å². The monoisotopic (exact) mass is 804 g/mol. The van der Waals surface area contributed by atoms with E-state index in [4.69, 9.17) is 0 Å². The van der Waals surface area contributed by atoms with Crippen molar-refractivity contribution >= 4 is 65.2 Å². The molecule has 0 bridgehead atoms. The van der Waals surface area contributed by atoms with Gasteiger partial charge in [-0.05, 0) is 134 Å². The molecule has 63 heavy (non-hydrogen) atoms. The standard InChI is InChI=1S/C61H44N2/c1-37-31-38(2)33-40(32-37)60-50-30-27-41(62-55-21-11-6-16-45(55)46-17-7-12-22-56(46)62)35-51(50)59(39-25-28-44-43-15-5-10-20-53(43)61(3,4)54(44)34-39)49-29-26-42(36-52(49)60)63-57-23-13-8-18-47(57)48-19-9-14-24-58(48)63/h5-36H,1-4H3. The molecule has 13 rings (SSSR count). The van der Waals surface area contributed by atoms with Gasteiger partial charge in [0.25, 0.3) is 0 Å². The molecule has 2 aromatic heterocycles. The van der Waals surface area contributed by atoms with E-state index in [2.05, 4.69) is 231 Å². The fraction of sp³-hybridized carbons (Fsp3) is 0.0820. The van der Waals surface area contributed by atoms with Crippen LogP contribution in [0.25, 0.3) is 110 Å². The summed E-state index contributed by atoms with van der Waals surface area (Å²) in [5.74, 6) is 0. The maximum absolute atomic E-state index is 2.51. The molecule has 0 aliphatic heterocycles. The van der Waals surface area contributed by atoms with Gasteiger partial charge < -0.3 is 9.13 Å². The van der Waals surface area contributed by atoms with Crippen molar-refractivity contribution in [3.05, 3.63) is 216 Å². The summed E-state index contributed by atoms with van der Waals surface area (Å²) in [7, 11) is 0. The quantitative estimate of drug-likeness (QED) is 0.157. The van der Waals surface area contributed by atoms with Crippen LogP contribution in [-0.2, 0) is 5.41 Å². The summed E-state index contributed by atoms with van der Waals surface area (Å²) in [6.45, 7) is 9.23. The summed E-state index contributed by atoms with van der Waals surface area (Å²) in [5, 5.41) is 10.0. The Morgan fingerprint density at radius 3 is 1.25 bits per heavy atom. The highest BCUT2D eigenvalue weighted by atomic mass is 15.0. The SMILES string of the molecule is Cc1cc(C)cc(-c2c3ccc(-n4c5ccccc5c5ccccc54)cc3c(-c3ccc4c(c3)C(C)(C)c3ccccc3-4)c3ccc(-n4c5ccccc5c5ccccc54)cc23)c1. The second-order valence-corrected chi connectivity index (χ2v) is 18.3. The number of hydrogen-bond acceptors (Lipinski definition) is 0. The molecule has 0 amide bonds. The van der Waals surface area contributed by atoms with Crippen LogP contribution in [0, 0.1) is 13.8 Å². The first kappa shape index (κ1) is 36.0. The van der Waals surface area contributed by atoms with E-state index in [1.165, 1.54) is 121 Å². The predicted octanol–water partition coefficient (Wildman–Crippen LogP) is 16.4. The molecule has 2 heterocycles. The van der Waals surface area contributed by atoms with Crippen LogP contribution < -0.4 is 0 Å². The molecular formula is C61H44N2. The van der Waals surface area contributed by atoms with E-state index in [1.54, 1.807) is 0 Å². The van der Waals surface area contributed by atoms with Gasteiger partial charge in [0.1, 0.15) is 0 Å². The lowest BCUT2D eigenvalue weighted by Gasteiger charge is -2.24. The Morgan fingerprint density at radius 2 is 0.746 bits per heavy atom. The molecule has 0 fully saturated rings. The van der Waals surface area contributed by atoms with Gasteiger partial charge in [-0.15, -0.1) is 0 Å². The number of benzene rings is 10. The lowest BCUT2D eigenvalue weighted by Crippen LogP contribution is -2.14. The van der Waals surface area contributed by atoms with Gasteiger partial charge in [-0.3, -0.25) is 0 Å². The van der Waals surface area contributed by atoms with Gasteiger partial charge in [0.05, 0.1) is 22.1 Å². The molecule has 0 saturated heterocycles. The Kier molecular flexibility index (Phi) is 7.52. The van der Waals surface area contributed by atoms with Crippen LogP contribution in [0.4, 0.5) is 0 Å². The summed E-state index contributed by atoms with van der Waals surface area (Å²) < 4.78 is 4.92. The number of para-hydroxylation sites is 4. The first-order valence-electron chi connectivity index (χ1n) is 22.2. The fourth-order valence-corrected chi connectivity index (χ4v) is 11.5. The number of aromatic nitrogens is 2. The average Bonchev–Trinajstić information content (AvgIpc) is 3.90. The maximum Gasteiger partial charge on any atom is 0.0541 e. The Bertz CT molecular complexity index is 3780. The maximum atomic E-state index is 2.51. The summed E-state index contributed by atoms with van der Waals surface area (Å²) in [6.07, 6.45) is 0. The van der Waals surface area contributed by atoms with Crippen LogP contribution in [0.1, 0.15) is 36.1 Å². The van der Waals surface area contributed by atoms with Crippen molar-refractivity contribution in [3.8, 4) is 44.8 Å². The van der Waals surface area contributed by atoms with E-state index in [0.717, 1.165) is 11.4 Å². The third kappa shape index (κ3) is 5.13. The first-order chi connectivity index (χ1) is 30.8. The van der Waals surface area contributed by atoms with E-state index in [1.807, 2.05) is 0 Å². The van der Waals surface area contributed by atoms with Gasteiger partial charge >= 0.3 is 0 Å². The molecule has 2 nitrogen and oxygen atoms in total. The zero-order chi connectivity index (χ0) is 42.1. The molecule has 2 heteroatoms. The van der Waals surface area contributed by atoms with Gasteiger partial charge in [0, 0.05) is 38.3 Å². The molecule has 0 radical (unpaired) electrons. The fourth-order valence-electron chi connectivity index (χ4n) is 11.5. The Morgan fingerprint density at radius 1 is 0.317 bits per heavy atom. The van der Waals surface area contributed by atoms with E-state index in [-0.39, 0.29) is 5.41 Å². The number of aryl methyl sites for hydroxylation is 2. The van der Waals surface area contributed by atoms with E-state index in [0.29, 0.717) is 0 Å². The molecule has 0 N–H and O–H groups in total. The number of fused-ring (bicyclic) bond motifs is 11. The average molecular weight is 805 g/mol. The molecule has 0 saturated carbocycles. The van der Waals surface area contributed by atoms with Crippen molar-refractivity contribution in [2.45, 2.75) is 33.1 Å². The zero-order valence-corrected chi connectivity index (χ0v) is 35.9. The van der Waals surface area contributed by atoms with Gasteiger partial charge in [0.15, 0.2) is 0 Å². The van der Waals surface area contributed by atoms with Gasteiger partial charge in [-0.1, -0.05) is 165 Å². The molecule has 1 aliphatic rings. The lowest BCUT2D eigenvalue weighted by atomic mass is 9.80. The number of nitrogens with zero attached hydrogens (tertiary/aromatic N) is 2. The minimum Gasteiger partial charge on any atom is -0.309 e. The van der Waals surface area contributed by atoms with Crippen molar-refractivity contribution in [3.63, 3.8) is 0 Å². The minimum absolute atomic E-state index is 0.135. The highest BCUT2D eigenvalue weighted by Gasteiger charge is 2.35. The van der Waals surface area contributed by atoms with Crippen LogP contribution >= 0.6 is 0 Å². The van der Waals surface area contributed by atoms with Gasteiger partial charge in [-0.2, -0.15) is 0 Å². The highest BCUT2D eigenvalue weighted by molar-refractivity contribution is 6.23.